The largest absolute Gasteiger partial charge is 0.391 e. The molecule has 1 rings (SSSR count). The smallest absolute Gasteiger partial charge is 0.248 e. The minimum absolute atomic E-state index is 0.0546. The number of nitrogens with zero attached hydrogens (tertiary/aromatic N) is 2. The maximum absolute atomic E-state index is 13.0. The van der Waals surface area contributed by atoms with Gasteiger partial charge in [-0.15, -0.1) is 0 Å². The fourth-order valence-corrected chi connectivity index (χ4v) is 3.44. The van der Waals surface area contributed by atoms with E-state index in [0.717, 1.165) is 0 Å². The number of aliphatic imine (C=N–C) groups is 1. The van der Waals surface area contributed by atoms with Crippen molar-refractivity contribution in [3.63, 3.8) is 0 Å². The van der Waals surface area contributed by atoms with Gasteiger partial charge in [0.15, 0.2) is 5.96 Å². The number of rotatable bonds is 12. The van der Waals surface area contributed by atoms with Crippen LogP contribution in [-0.2, 0) is 19.2 Å². The van der Waals surface area contributed by atoms with Gasteiger partial charge < -0.3 is 43.6 Å². The van der Waals surface area contributed by atoms with Crippen molar-refractivity contribution in [2.45, 2.75) is 62.9 Å². The lowest BCUT2D eigenvalue weighted by molar-refractivity contribution is -0.144. The lowest BCUT2D eigenvalue weighted by atomic mass is 10.1. The van der Waals surface area contributed by atoms with Crippen molar-refractivity contribution in [1.82, 2.24) is 15.5 Å². The van der Waals surface area contributed by atoms with Crippen molar-refractivity contribution in [3.05, 3.63) is 0 Å². The molecule has 0 bridgehead atoms. The van der Waals surface area contributed by atoms with Crippen LogP contribution in [0.5, 0.6) is 0 Å². The first-order valence-corrected chi connectivity index (χ1v) is 10.9. The second-order valence-corrected chi connectivity index (χ2v) is 7.98. The highest BCUT2D eigenvalue weighted by Crippen LogP contribution is 2.20. The van der Waals surface area contributed by atoms with Crippen LogP contribution in [0.25, 0.3) is 0 Å². The first kappa shape index (κ1) is 27.5. The van der Waals surface area contributed by atoms with Gasteiger partial charge >= 0.3 is 0 Å². The summed E-state index contributed by atoms with van der Waals surface area (Å²) in [5.41, 5.74) is 21.5. The molecule has 0 aromatic heterocycles. The van der Waals surface area contributed by atoms with Crippen LogP contribution in [0.4, 0.5) is 0 Å². The van der Waals surface area contributed by atoms with Crippen LogP contribution >= 0.6 is 12.6 Å². The van der Waals surface area contributed by atoms with E-state index in [4.69, 9.17) is 22.9 Å². The summed E-state index contributed by atoms with van der Waals surface area (Å²) in [6, 6.07) is -4.08. The molecule has 1 fully saturated rings. The second kappa shape index (κ2) is 13.1. The fraction of sp³-hybridized carbons (Fsp3) is 0.722. The molecule has 0 radical (unpaired) electrons. The van der Waals surface area contributed by atoms with Crippen LogP contribution < -0.4 is 33.6 Å². The van der Waals surface area contributed by atoms with E-state index >= 15 is 0 Å². The zero-order valence-electron chi connectivity index (χ0n) is 18.1. The minimum atomic E-state index is -1.28. The van der Waals surface area contributed by atoms with E-state index in [1.807, 2.05) is 0 Å². The normalized spacial score (nSPS) is 19.4. The number of amides is 4. The van der Waals surface area contributed by atoms with E-state index in [2.05, 4.69) is 28.3 Å². The average molecular weight is 475 g/mol. The Hall–Kier alpha value is -2.58. The van der Waals surface area contributed by atoms with E-state index in [1.54, 1.807) is 0 Å². The van der Waals surface area contributed by atoms with E-state index in [9.17, 15) is 24.3 Å². The van der Waals surface area contributed by atoms with Gasteiger partial charge in [-0.05, 0) is 32.6 Å². The third kappa shape index (κ3) is 8.16. The Morgan fingerprint density at radius 1 is 1.22 bits per heavy atom. The molecule has 1 aliphatic heterocycles. The molecule has 0 spiro atoms. The number of guanidine groups is 1. The molecule has 4 amide bonds. The highest BCUT2D eigenvalue weighted by Gasteiger charge is 2.40. The molecule has 0 aromatic rings. The Balaban J connectivity index is 2.85. The van der Waals surface area contributed by atoms with Crippen LogP contribution in [0.3, 0.4) is 0 Å². The number of aliphatic hydroxyl groups excluding tert-OH is 1. The van der Waals surface area contributed by atoms with Crippen molar-refractivity contribution in [2.24, 2.45) is 27.9 Å². The highest BCUT2D eigenvalue weighted by molar-refractivity contribution is 7.80. The minimum Gasteiger partial charge on any atom is -0.391 e. The summed E-state index contributed by atoms with van der Waals surface area (Å²) >= 11 is 3.94. The summed E-state index contributed by atoms with van der Waals surface area (Å²) in [5, 5.41) is 15.0. The van der Waals surface area contributed by atoms with Crippen LogP contribution in [0.15, 0.2) is 4.99 Å². The summed E-state index contributed by atoms with van der Waals surface area (Å²) in [5.74, 6) is -2.58. The number of nitrogens with two attached hydrogens (primary N) is 4. The number of likely N-dealkylation sites (tertiary alicyclic amines) is 1. The van der Waals surface area contributed by atoms with Gasteiger partial charge in [-0.3, -0.25) is 24.2 Å². The Morgan fingerprint density at radius 2 is 1.88 bits per heavy atom. The van der Waals surface area contributed by atoms with Crippen molar-refractivity contribution >= 4 is 42.2 Å². The predicted octanol–water partition coefficient (Wildman–Crippen LogP) is -3.88. The Labute approximate surface area is 192 Å². The Kier molecular flexibility index (Phi) is 11.2. The van der Waals surface area contributed by atoms with Gasteiger partial charge in [0.25, 0.3) is 0 Å². The average Bonchev–Trinajstić information content (AvgIpc) is 3.22. The lowest BCUT2D eigenvalue weighted by Gasteiger charge is -2.31. The zero-order valence-corrected chi connectivity index (χ0v) is 19.0. The Bertz CT molecular complexity index is 715. The molecule has 11 N–H and O–H groups in total. The number of thiol groups is 1. The monoisotopic (exact) mass is 474 g/mol. The standard InChI is InChI=1S/C18H34N8O5S/c1-9(27)13(25-15(29)10(19)8-32)17(31)26-7-3-5-12(26)16(30)24-11(14(20)28)4-2-6-23-18(21)22/h9-13,27,32H,2-8,19H2,1H3,(H2,20,28)(H,24,30)(H,25,29)(H4,21,22,23)/t9-,10+,11+,12+,13+/m1/s1. The Morgan fingerprint density at radius 3 is 2.41 bits per heavy atom. The van der Waals surface area contributed by atoms with E-state index in [1.165, 1.54) is 11.8 Å². The summed E-state index contributed by atoms with van der Waals surface area (Å²) in [4.78, 5) is 54.8. The number of aliphatic hydroxyl groups is 1. The van der Waals surface area contributed by atoms with E-state index in [0.29, 0.717) is 19.3 Å². The molecule has 0 unspecified atom stereocenters. The van der Waals surface area contributed by atoms with Gasteiger partial charge in [-0.2, -0.15) is 12.6 Å². The predicted molar refractivity (Wildman–Crippen MR) is 121 cm³/mol. The van der Waals surface area contributed by atoms with Crippen LogP contribution in [0, 0.1) is 0 Å². The van der Waals surface area contributed by atoms with Crippen LogP contribution in [-0.4, -0.2) is 88.7 Å². The number of primary amides is 1. The number of carbonyl (C=O) groups excluding carboxylic acids is 4. The third-order valence-electron chi connectivity index (χ3n) is 5.02. The molecular weight excluding hydrogens is 440 g/mol. The number of hydrogen-bond donors (Lipinski definition) is 8. The van der Waals surface area contributed by atoms with Crippen molar-refractivity contribution < 1.29 is 24.3 Å². The van der Waals surface area contributed by atoms with E-state index < -0.39 is 53.9 Å². The molecule has 1 saturated heterocycles. The van der Waals surface area contributed by atoms with Gasteiger partial charge in [-0.1, -0.05) is 0 Å². The quantitative estimate of drug-likeness (QED) is 0.0601. The first-order chi connectivity index (χ1) is 15.0. The molecule has 14 heteroatoms. The number of hydrogen-bond acceptors (Lipinski definition) is 8. The molecule has 32 heavy (non-hydrogen) atoms. The molecule has 0 aromatic carbocycles. The van der Waals surface area contributed by atoms with Gasteiger partial charge in [-0.25, -0.2) is 0 Å². The molecule has 0 aliphatic carbocycles. The SMILES string of the molecule is C[C@@H](O)[C@H](NC(=O)[C@@H](N)CS)C(=O)N1CCC[C@H]1C(=O)N[C@@H](CCCN=C(N)N)C(N)=O. The van der Waals surface area contributed by atoms with Crippen molar-refractivity contribution in [2.75, 3.05) is 18.8 Å². The van der Waals surface area contributed by atoms with Crippen molar-refractivity contribution in [1.29, 1.82) is 0 Å². The van der Waals surface area contributed by atoms with Gasteiger partial charge in [0.1, 0.15) is 18.1 Å². The molecule has 13 nitrogen and oxygen atoms in total. The zero-order chi connectivity index (χ0) is 24.4. The topological polar surface area (TPSA) is 232 Å². The molecule has 182 valence electrons. The number of nitrogens with one attached hydrogen (secondary N) is 2. The summed E-state index contributed by atoms with van der Waals surface area (Å²) in [7, 11) is 0. The summed E-state index contributed by atoms with van der Waals surface area (Å²) in [6.07, 6.45) is 0.282. The molecule has 1 aliphatic rings. The number of carbonyl (C=O) groups is 4. The molecular formula is C18H34N8O5S. The van der Waals surface area contributed by atoms with E-state index in [-0.39, 0.29) is 31.2 Å². The maximum atomic E-state index is 13.0. The van der Waals surface area contributed by atoms with Gasteiger partial charge in [0.05, 0.1) is 12.1 Å². The van der Waals surface area contributed by atoms with Crippen LogP contribution in [0.1, 0.15) is 32.6 Å². The molecule has 0 saturated carbocycles. The fourth-order valence-electron chi connectivity index (χ4n) is 3.27. The second-order valence-electron chi connectivity index (χ2n) is 7.62. The highest BCUT2D eigenvalue weighted by atomic mass is 32.1. The first-order valence-electron chi connectivity index (χ1n) is 10.3. The van der Waals surface area contributed by atoms with Crippen LogP contribution in [0.2, 0.25) is 0 Å². The third-order valence-corrected chi connectivity index (χ3v) is 5.42. The lowest BCUT2D eigenvalue weighted by Crippen LogP contribution is -2.60. The summed E-state index contributed by atoms with van der Waals surface area (Å²) < 4.78 is 0. The maximum Gasteiger partial charge on any atom is 0.248 e. The van der Waals surface area contributed by atoms with Gasteiger partial charge in [0, 0.05) is 18.8 Å². The van der Waals surface area contributed by atoms with Gasteiger partial charge in [0.2, 0.25) is 23.6 Å². The molecule has 1 heterocycles. The van der Waals surface area contributed by atoms with Crippen molar-refractivity contribution in [3.8, 4) is 0 Å². The molecule has 5 atom stereocenters. The summed E-state index contributed by atoms with van der Waals surface area (Å²) in [6.45, 7) is 1.86.